The van der Waals surface area contributed by atoms with Crippen molar-refractivity contribution >= 4 is 5.96 Å². The number of guanidine groups is 1. The predicted octanol–water partition coefficient (Wildman–Crippen LogP) is 0.881. The molecule has 0 amide bonds. The number of nitrogens with one attached hydrogen (secondary N) is 2. The van der Waals surface area contributed by atoms with Crippen LogP contribution in [0.25, 0.3) is 0 Å². The zero-order valence-corrected chi connectivity index (χ0v) is 12.4. The molecule has 2 saturated carbocycles. The van der Waals surface area contributed by atoms with Gasteiger partial charge in [-0.25, -0.2) is 0 Å². The summed E-state index contributed by atoms with van der Waals surface area (Å²) in [5.74, 6) is 1.22. The lowest BCUT2D eigenvalue weighted by atomic mass is 9.76. The lowest BCUT2D eigenvalue weighted by molar-refractivity contribution is -0.0553. The predicted molar refractivity (Wildman–Crippen MR) is 78.7 cm³/mol. The van der Waals surface area contributed by atoms with Crippen LogP contribution in [0.15, 0.2) is 4.99 Å². The second kappa shape index (κ2) is 5.90. The van der Waals surface area contributed by atoms with Crippen LogP contribution in [0.3, 0.4) is 0 Å². The minimum absolute atomic E-state index is 0.123. The fourth-order valence-corrected chi connectivity index (χ4v) is 3.66. The van der Waals surface area contributed by atoms with E-state index in [9.17, 15) is 5.11 Å². The van der Waals surface area contributed by atoms with Crippen LogP contribution in [0.5, 0.6) is 0 Å². The summed E-state index contributed by atoms with van der Waals surface area (Å²) in [5.41, 5.74) is 0.123. The van der Waals surface area contributed by atoms with E-state index in [1.54, 1.807) is 0 Å². The number of hydrogen-bond acceptors (Lipinski definition) is 3. The highest BCUT2D eigenvalue weighted by atomic mass is 16.5. The molecule has 2 aliphatic carbocycles. The van der Waals surface area contributed by atoms with E-state index in [-0.39, 0.29) is 11.5 Å². The highest BCUT2D eigenvalue weighted by molar-refractivity contribution is 5.80. The first-order valence-corrected chi connectivity index (χ1v) is 7.96. The molecule has 2 atom stereocenters. The summed E-state index contributed by atoms with van der Waals surface area (Å²) in [6.45, 7) is 2.43. The van der Waals surface area contributed by atoms with Crippen LogP contribution in [-0.2, 0) is 4.74 Å². The van der Waals surface area contributed by atoms with Gasteiger partial charge in [-0.05, 0) is 38.5 Å². The van der Waals surface area contributed by atoms with E-state index in [0.717, 1.165) is 51.4 Å². The van der Waals surface area contributed by atoms with E-state index >= 15 is 0 Å². The summed E-state index contributed by atoms with van der Waals surface area (Å²) in [7, 11) is 1.81. The Balaban J connectivity index is 1.50. The SMILES string of the molecule is CN=C(NCC1CCC2(CCOCC2)C1O)NC1CC1. The molecule has 1 spiro atoms. The minimum Gasteiger partial charge on any atom is -0.392 e. The standard InChI is InChI=1S/C15H27N3O2/c1-16-14(18-12-2-3-12)17-10-11-4-5-15(13(11)19)6-8-20-9-7-15/h11-13,19H,2-10H2,1H3,(H2,16,17,18). The largest absolute Gasteiger partial charge is 0.392 e. The monoisotopic (exact) mass is 281 g/mol. The van der Waals surface area contributed by atoms with Gasteiger partial charge >= 0.3 is 0 Å². The van der Waals surface area contributed by atoms with E-state index in [0.29, 0.717) is 12.0 Å². The van der Waals surface area contributed by atoms with Crippen molar-refractivity contribution in [1.82, 2.24) is 10.6 Å². The normalized spacial score (nSPS) is 33.4. The lowest BCUT2D eigenvalue weighted by Crippen LogP contribution is -2.44. The second-order valence-electron chi connectivity index (χ2n) is 6.59. The first kappa shape index (κ1) is 14.1. The van der Waals surface area contributed by atoms with Gasteiger partial charge in [-0.3, -0.25) is 4.99 Å². The van der Waals surface area contributed by atoms with Crippen LogP contribution in [0.2, 0.25) is 0 Å². The van der Waals surface area contributed by atoms with Crippen molar-refractivity contribution < 1.29 is 9.84 Å². The van der Waals surface area contributed by atoms with Gasteiger partial charge in [0.25, 0.3) is 0 Å². The van der Waals surface area contributed by atoms with Crippen LogP contribution in [0.1, 0.15) is 38.5 Å². The molecule has 1 saturated heterocycles. The number of hydrogen-bond donors (Lipinski definition) is 3. The number of aliphatic hydroxyl groups is 1. The Morgan fingerprint density at radius 3 is 2.65 bits per heavy atom. The van der Waals surface area contributed by atoms with Crippen molar-refractivity contribution in [3.63, 3.8) is 0 Å². The smallest absolute Gasteiger partial charge is 0.191 e. The summed E-state index contributed by atoms with van der Waals surface area (Å²) in [6, 6.07) is 0.608. The molecule has 5 nitrogen and oxygen atoms in total. The Kier molecular flexibility index (Phi) is 4.17. The average Bonchev–Trinajstić information content (AvgIpc) is 3.25. The molecule has 3 fully saturated rings. The molecule has 3 rings (SSSR count). The molecule has 1 aliphatic heterocycles. The quantitative estimate of drug-likeness (QED) is 0.531. The fraction of sp³-hybridized carbons (Fsp3) is 0.933. The van der Waals surface area contributed by atoms with Crippen molar-refractivity contribution in [2.75, 3.05) is 26.8 Å². The Morgan fingerprint density at radius 2 is 2.00 bits per heavy atom. The molecule has 5 heteroatoms. The zero-order valence-electron chi connectivity index (χ0n) is 12.4. The maximum Gasteiger partial charge on any atom is 0.191 e. The summed E-state index contributed by atoms with van der Waals surface area (Å²) in [5, 5.41) is 17.5. The molecule has 0 bridgehead atoms. The van der Waals surface area contributed by atoms with Gasteiger partial charge in [0, 0.05) is 44.2 Å². The Hall–Kier alpha value is -0.810. The van der Waals surface area contributed by atoms with Gasteiger partial charge in [0.05, 0.1) is 6.10 Å². The summed E-state index contributed by atoms with van der Waals surface area (Å²) in [4.78, 5) is 4.25. The van der Waals surface area contributed by atoms with Gasteiger partial charge in [0.2, 0.25) is 0 Å². The third-order valence-electron chi connectivity index (χ3n) is 5.25. The third kappa shape index (κ3) is 2.93. The summed E-state index contributed by atoms with van der Waals surface area (Å²) < 4.78 is 5.45. The van der Waals surface area contributed by atoms with Gasteiger partial charge in [0.15, 0.2) is 5.96 Å². The van der Waals surface area contributed by atoms with Crippen LogP contribution in [0, 0.1) is 11.3 Å². The van der Waals surface area contributed by atoms with Gasteiger partial charge in [-0.2, -0.15) is 0 Å². The summed E-state index contributed by atoms with van der Waals surface area (Å²) in [6.07, 6.45) is 6.57. The van der Waals surface area contributed by atoms with Gasteiger partial charge < -0.3 is 20.5 Å². The van der Waals surface area contributed by atoms with Crippen molar-refractivity contribution in [2.24, 2.45) is 16.3 Å². The maximum absolute atomic E-state index is 10.7. The second-order valence-corrected chi connectivity index (χ2v) is 6.59. The van der Waals surface area contributed by atoms with Crippen LogP contribution >= 0.6 is 0 Å². The van der Waals surface area contributed by atoms with Gasteiger partial charge in [-0.1, -0.05) is 0 Å². The van der Waals surface area contributed by atoms with Crippen molar-refractivity contribution in [2.45, 2.75) is 50.7 Å². The van der Waals surface area contributed by atoms with Crippen molar-refractivity contribution in [1.29, 1.82) is 0 Å². The van der Waals surface area contributed by atoms with Crippen LogP contribution < -0.4 is 10.6 Å². The van der Waals surface area contributed by atoms with Gasteiger partial charge in [0.1, 0.15) is 0 Å². The van der Waals surface area contributed by atoms with Crippen molar-refractivity contribution in [3.05, 3.63) is 0 Å². The lowest BCUT2D eigenvalue weighted by Gasteiger charge is -2.37. The zero-order chi connectivity index (χ0) is 14.0. The number of ether oxygens (including phenoxy) is 1. The van der Waals surface area contributed by atoms with E-state index < -0.39 is 0 Å². The molecule has 0 aromatic rings. The van der Waals surface area contributed by atoms with E-state index in [1.165, 1.54) is 12.8 Å². The fourth-order valence-electron chi connectivity index (χ4n) is 3.66. The molecule has 3 N–H and O–H groups in total. The van der Waals surface area contributed by atoms with E-state index in [4.69, 9.17) is 4.74 Å². The molecule has 1 heterocycles. The maximum atomic E-state index is 10.7. The topological polar surface area (TPSA) is 65.9 Å². The molecule has 0 radical (unpaired) electrons. The number of aliphatic imine (C=N–C) groups is 1. The number of rotatable bonds is 3. The average molecular weight is 281 g/mol. The molecule has 0 aromatic carbocycles. The highest BCUT2D eigenvalue weighted by Crippen LogP contribution is 2.48. The molecule has 3 aliphatic rings. The first-order valence-electron chi connectivity index (χ1n) is 7.96. The molecule has 114 valence electrons. The first-order chi connectivity index (χ1) is 9.73. The molecular weight excluding hydrogens is 254 g/mol. The third-order valence-corrected chi connectivity index (χ3v) is 5.25. The Morgan fingerprint density at radius 1 is 1.25 bits per heavy atom. The van der Waals surface area contributed by atoms with Crippen LogP contribution in [0.4, 0.5) is 0 Å². The highest BCUT2D eigenvalue weighted by Gasteiger charge is 2.48. The molecule has 2 unspecified atom stereocenters. The summed E-state index contributed by atoms with van der Waals surface area (Å²) >= 11 is 0. The van der Waals surface area contributed by atoms with E-state index in [2.05, 4.69) is 15.6 Å². The molecular formula is C15H27N3O2. The number of aliphatic hydroxyl groups excluding tert-OH is 1. The Bertz CT molecular complexity index is 362. The number of nitrogens with zero attached hydrogens (tertiary/aromatic N) is 1. The Labute approximate surface area is 121 Å². The molecule has 0 aromatic heterocycles. The van der Waals surface area contributed by atoms with Gasteiger partial charge in [-0.15, -0.1) is 0 Å². The molecule has 20 heavy (non-hydrogen) atoms. The minimum atomic E-state index is -0.196. The van der Waals surface area contributed by atoms with E-state index in [1.807, 2.05) is 7.05 Å². The van der Waals surface area contributed by atoms with Crippen LogP contribution in [-0.4, -0.2) is 50.0 Å². The van der Waals surface area contributed by atoms with Crippen molar-refractivity contribution in [3.8, 4) is 0 Å².